The molecule has 0 fully saturated rings. The highest BCUT2D eigenvalue weighted by Crippen LogP contribution is 2.20. The SMILES string of the molecule is Cc1cc(C)cc(NC(=O)CSc2nc3ccccc3c(=O)n2Cc2ccc(C(=O)NCCC(C)C)cc2)c1. The van der Waals surface area contributed by atoms with Crippen LogP contribution in [-0.2, 0) is 11.3 Å². The summed E-state index contributed by atoms with van der Waals surface area (Å²) in [5.74, 6) is 0.337. The number of amides is 2. The van der Waals surface area contributed by atoms with Gasteiger partial charge in [0.05, 0.1) is 23.2 Å². The number of carbonyl (C=O) groups is 2. The lowest BCUT2D eigenvalue weighted by molar-refractivity contribution is -0.113. The molecule has 0 radical (unpaired) electrons. The molecule has 0 saturated heterocycles. The molecule has 0 aliphatic rings. The molecular weight excluding hydrogens is 508 g/mol. The van der Waals surface area contributed by atoms with Gasteiger partial charge < -0.3 is 10.6 Å². The minimum absolute atomic E-state index is 0.104. The van der Waals surface area contributed by atoms with Crippen LogP contribution >= 0.6 is 11.8 Å². The van der Waals surface area contributed by atoms with Gasteiger partial charge in [0, 0.05) is 17.8 Å². The molecule has 202 valence electrons. The normalized spacial score (nSPS) is 11.1. The number of anilines is 1. The molecule has 4 aromatic rings. The predicted molar refractivity (Wildman–Crippen MR) is 159 cm³/mol. The number of benzene rings is 3. The van der Waals surface area contributed by atoms with Gasteiger partial charge in [0.1, 0.15) is 0 Å². The number of nitrogens with one attached hydrogen (secondary N) is 2. The number of thioether (sulfide) groups is 1. The molecule has 8 heteroatoms. The molecule has 0 bridgehead atoms. The van der Waals surface area contributed by atoms with Gasteiger partial charge in [-0.2, -0.15) is 0 Å². The summed E-state index contributed by atoms with van der Waals surface area (Å²) in [7, 11) is 0. The van der Waals surface area contributed by atoms with Crippen molar-refractivity contribution in [3.05, 3.63) is 99.3 Å². The van der Waals surface area contributed by atoms with E-state index in [-0.39, 0.29) is 29.7 Å². The number of nitrogens with zero attached hydrogens (tertiary/aromatic N) is 2. The molecule has 0 spiro atoms. The maximum Gasteiger partial charge on any atom is 0.262 e. The number of fused-ring (bicyclic) bond motifs is 1. The van der Waals surface area contributed by atoms with E-state index in [1.807, 2.05) is 56.3 Å². The molecular formula is C31H34N4O3S. The average molecular weight is 543 g/mol. The third-order valence-corrected chi connectivity index (χ3v) is 7.20. The van der Waals surface area contributed by atoms with Crippen LogP contribution in [-0.4, -0.2) is 33.7 Å². The fourth-order valence-corrected chi connectivity index (χ4v) is 5.09. The van der Waals surface area contributed by atoms with Crippen LogP contribution in [0.25, 0.3) is 10.9 Å². The van der Waals surface area contributed by atoms with Gasteiger partial charge in [-0.3, -0.25) is 19.0 Å². The summed E-state index contributed by atoms with van der Waals surface area (Å²) in [5, 5.41) is 6.86. The Kier molecular flexibility index (Phi) is 9.19. The van der Waals surface area contributed by atoms with Crippen LogP contribution in [0.4, 0.5) is 5.69 Å². The van der Waals surface area contributed by atoms with E-state index < -0.39 is 0 Å². The van der Waals surface area contributed by atoms with Crippen molar-refractivity contribution in [3.63, 3.8) is 0 Å². The van der Waals surface area contributed by atoms with Crippen LogP contribution in [0, 0.1) is 19.8 Å². The second kappa shape index (κ2) is 12.8. The van der Waals surface area contributed by atoms with Crippen molar-refractivity contribution in [1.82, 2.24) is 14.9 Å². The fraction of sp³-hybridized carbons (Fsp3) is 0.290. The van der Waals surface area contributed by atoms with E-state index in [1.54, 1.807) is 28.8 Å². The number of aryl methyl sites for hydroxylation is 2. The number of para-hydroxylation sites is 1. The van der Waals surface area contributed by atoms with Gasteiger partial charge in [-0.25, -0.2) is 4.98 Å². The Morgan fingerprint density at radius 1 is 0.974 bits per heavy atom. The highest BCUT2D eigenvalue weighted by Gasteiger charge is 2.15. The van der Waals surface area contributed by atoms with Crippen molar-refractivity contribution in [3.8, 4) is 0 Å². The van der Waals surface area contributed by atoms with Crippen LogP contribution in [0.3, 0.4) is 0 Å². The summed E-state index contributed by atoms with van der Waals surface area (Å²) in [6.07, 6.45) is 0.921. The van der Waals surface area contributed by atoms with E-state index in [0.29, 0.717) is 34.1 Å². The van der Waals surface area contributed by atoms with Crippen molar-refractivity contribution in [2.45, 2.75) is 45.8 Å². The van der Waals surface area contributed by atoms with Crippen LogP contribution in [0.15, 0.2) is 76.7 Å². The first kappa shape index (κ1) is 28.1. The maximum absolute atomic E-state index is 13.5. The summed E-state index contributed by atoms with van der Waals surface area (Å²) in [5.41, 5.74) is 4.73. The minimum atomic E-state index is -0.174. The van der Waals surface area contributed by atoms with E-state index in [1.165, 1.54) is 11.8 Å². The van der Waals surface area contributed by atoms with Crippen molar-refractivity contribution < 1.29 is 9.59 Å². The first-order chi connectivity index (χ1) is 18.7. The Labute approximate surface area is 233 Å². The van der Waals surface area contributed by atoms with Crippen molar-refractivity contribution in [1.29, 1.82) is 0 Å². The molecule has 0 unspecified atom stereocenters. The van der Waals surface area contributed by atoms with Gasteiger partial charge >= 0.3 is 0 Å². The molecule has 2 amide bonds. The van der Waals surface area contributed by atoms with Gasteiger partial charge in [-0.15, -0.1) is 0 Å². The zero-order chi connectivity index (χ0) is 27.9. The topological polar surface area (TPSA) is 93.1 Å². The van der Waals surface area contributed by atoms with Gasteiger partial charge in [0.25, 0.3) is 11.5 Å². The largest absolute Gasteiger partial charge is 0.352 e. The summed E-state index contributed by atoms with van der Waals surface area (Å²) in [6, 6.07) is 20.3. The highest BCUT2D eigenvalue weighted by molar-refractivity contribution is 7.99. The smallest absolute Gasteiger partial charge is 0.262 e. The zero-order valence-corrected chi connectivity index (χ0v) is 23.6. The van der Waals surface area contributed by atoms with E-state index >= 15 is 0 Å². The van der Waals surface area contributed by atoms with Crippen molar-refractivity contribution in [2.24, 2.45) is 5.92 Å². The van der Waals surface area contributed by atoms with Crippen molar-refractivity contribution in [2.75, 3.05) is 17.6 Å². The van der Waals surface area contributed by atoms with E-state index in [4.69, 9.17) is 4.98 Å². The van der Waals surface area contributed by atoms with Crippen molar-refractivity contribution >= 4 is 40.2 Å². The Morgan fingerprint density at radius 2 is 1.67 bits per heavy atom. The lowest BCUT2D eigenvalue weighted by Crippen LogP contribution is -2.26. The Balaban J connectivity index is 1.52. The summed E-state index contributed by atoms with van der Waals surface area (Å²) < 4.78 is 1.59. The summed E-state index contributed by atoms with van der Waals surface area (Å²) >= 11 is 1.23. The van der Waals surface area contributed by atoms with E-state index in [9.17, 15) is 14.4 Å². The average Bonchev–Trinajstić information content (AvgIpc) is 2.89. The van der Waals surface area contributed by atoms with Gasteiger partial charge in [0.15, 0.2) is 5.16 Å². The second-order valence-corrected chi connectivity index (χ2v) is 11.1. The molecule has 1 aromatic heterocycles. The number of hydrogen-bond donors (Lipinski definition) is 2. The minimum Gasteiger partial charge on any atom is -0.352 e. The lowest BCUT2D eigenvalue weighted by atomic mass is 10.1. The molecule has 0 saturated carbocycles. The first-order valence-electron chi connectivity index (χ1n) is 13.1. The third kappa shape index (κ3) is 7.57. The summed E-state index contributed by atoms with van der Waals surface area (Å²) in [6.45, 7) is 9.12. The standard InChI is InChI=1S/C31H34N4O3S/c1-20(2)13-14-32-29(37)24-11-9-23(10-12-24)18-35-30(38)26-7-5-6-8-27(26)34-31(35)39-19-28(36)33-25-16-21(3)15-22(4)17-25/h5-12,15-17,20H,13-14,18-19H2,1-4H3,(H,32,37)(H,33,36). The lowest BCUT2D eigenvalue weighted by Gasteiger charge is -2.14. The first-order valence-corrected chi connectivity index (χ1v) is 14.1. The van der Waals surface area contributed by atoms with Gasteiger partial charge in [0.2, 0.25) is 5.91 Å². The third-order valence-electron chi connectivity index (χ3n) is 6.23. The van der Waals surface area contributed by atoms with Crippen LogP contribution < -0.4 is 16.2 Å². The maximum atomic E-state index is 13.5. The molecule has 4 rings (SSSR count). The van der Waals surface area contributed by atoms with E-state index in [0.717, 1.165) is 28.8 Å². The number of aromatic nitrogens is 2. The molecule has 0 atom stereocenters. The molecule has 0 aliphatic carbocycles. The zero-order valence-electron chi connectivity index (χ0n) is 22.8. The quantitative estimate of drug-likeness (QED) is 0.202. The predicted octanol–water partition coefficient (Wildman–Crippen LogP) is 5.57. The second-order valence-electron chi connectivity index (χ2n) is 10.2. The fourth-order valence-electron chi connectivity index (χ4n) is 4.29. The summed E-state index contributed by atoms with van der Waals surface area (Å²) in [4.78, 5) is 43.4. The number of carbonyl (C=O) groups excluding carboxylic acids is 2. The van der Waals surface area contributed by atoms with Crippen LogP contribution in [0.2, 0.25) is 0 Å². The van der Waals surface area contributed by atoms with Crippen LogP contribution in [0.5, 0.6) is 0 Å². The van der Waals surface area contributed by atoms with E-state index in [2.05, 4.69) is 24.5 Å². The molecule has 0 aliphatic heterocycles. The Bertz CT molecular complexity index is 1520. The van der Waals surface area contributed by atoms with Crippen LogP contribution in [0.1, 0.15) is 47.3 Å². The monoisotopic (exact) mass is 542 g/mol. The number of hydrogen-bond acceptors (Lipinski definition) is 5. The Hall–Kier alpha value is -3.91. The number of rotatable bonds is 10. The molecule has 39 heavy (non-hydrogen) atoms. The Morgan fingerprint density at radius 3 is 2.36 bits per heavy atom. The molecule has 7 nitrogen and oxygen atoms in total. The molecule has 1 heterocycles. The molecule has 2 N–H and O–H groups in total. The van der Waals surface area contributed by atoms with Gasteiger partial charge in [-0.1, -0.05) is 55.9 Å². The highest BCUT2D eigenvalue weighted by atomic mass is 32.2. The van der Waals surface area contributed by atoms with Gasteiger partial charge in [-0.05, 0) is 79.3 Å². The molecule has 3 aromatic carbocycles.